The molecule has 1 atom stereocenters. The number of carbonyl (C=O) groups is 1. The first-order chi connectivity index (χ1) is 4.66. The Morgan fingerprint density at radius 2 is 2.30 bits per heavy atom. The van der Waals surface area contributed by atoms with Gasteiger partial charge in [0.25, 0.3) is 0 Å². The molecule has 0 fully saturated rings. The maximum Gasteiger partial charge on any atom is 0.404 e. The number of amides is 1. The van der Waals surface area contributed by atoms with Crippen molar-refractivity contribution in [1.29, 1.82) is 0 Å². The monoisotopic (exact) mass is 148 g/mol. The SMILES string of the molecule is N[C@H](CO)CCNC(=O)O. The van der Waals surface area contributed by atoms with Crippen LogP contribution in [0, 0.1) is 0 Å². The maximum atomic E-state index is 9.85. The van der Waals surface area contributed by atoms with Gasteiger partial charge in [0.2, 0.25) is 0 Å². The summed E-state index contributed by atoms with van der Waals surface area (Å²) >= 11 is 0. The molecule has 60 valence electrons. The zero-order valence-corrected chi connectivity index (χ0v) is 5.58. The predicted molar refractivity (Wildman–Crippen MR) is 35.7 cm³/mol. The van der Waals surface area contributed by atoms with E-state index in [0.717, 1.165) is 0 Å². The molecule has 10 heavy (non-hydrogen) atoms. The first-order valence-electron chi connectivity index (χ1n) is 3.00. The molecule has 0 radical (unpaired) electrons. The van der Waals surface area contributed by atoms with E-state index in [1.807, 2.05) is 0 Å². The van der Waals surface area contributed by atoms with Crippen molar-refractivity contribution in [1.82, 2.24) is 5.32 Å². The zero-order valence-electron chi connectivity index (χ0n) is 5.58. The van der Waals surface area contributed by atoms with Crippen LogP contribution in [0.2, 0.25) is 0 Å². The fourth-order valence-corrected chi connectivity index (χ4v) is 0.456. The highest BCUT2D eigenvalue weighted by atomic mass is 16.4. The fourth-order valence-electron chi connectivity index (χ4n) is 0.456. The number of rotatable bonds is 4. The summed E-state index contributed by atoms with van der Waals surface area (Å²) in [6.07, 6.45) is -0.604. The van der Waals surface area contributed by atoms with Crippen LogP contribution >= 0.6 is 0 Å². The van der Waals surface area contributed by atoms with Crippen LogP contribution in [0.3, 0.4) is 0 Å². The minimum absolute atomic E-state index is 0.110. The topological polar surface area (TPSA) is 95.6 Å². The molecule has 0 aliphatic heterocycles. The van der Waals surface area contributed by atoms with Gasteiger partial charge in [0.1, 0.15) is 0 Å². The number of aliphatic hydroxyl groups excluding tert-OH is 1. The number of carboxylic acid groups (broad SMARTS) is 1. The molecule has 0 bridgehead atoms. The smallest absolute Gasteiger partial charge is 0.404 e. The number of hydrogen-bond acceptors (Lipinski definition) is 3. The molecule has 0 heterocycles. The van der Waals surface area contributed by atoms with Crippen LogP contribution in [-0.2, 0) is 0 Å². The van der Waals surface area contributed by atoms with Crippen molar-refractivity contribution < 1.29 is 15.0 Å². The maximum absolute atomic E-state index is 9.85. The van der Waals surface area contributed by atoms with Crippen molar-refractivity contribution in [2.45, 2.75) is 12.5 Å². The fraction of sp³-hybridized carbons (Fsp3) is 0.800. The average Bonchev–Trinajstić information content (AvgIpc) is 1.87. The summed E-state index contributed by atoms with van der Waals surface area (Å²) in [7, 11) is 0. The van der Waals surface area contributed by atoms with Crippen LogP contribution in [-0.4, -0.2) is 35.5 Å². The van der Waals surface area contributed by atoms with Crippen LogP contribution < -0.4 is 11.1 Å². The van der Waals surface area contributed by atoms with Gasteiger partial charge in [-0.1, -0.05) is 0 Å². The Hall–Kier alpha value is -0.810. The van der Waals surface area contributed by atoms with Gasteiger partial charge in [-0.2, -0.15) is 0 Å². The predicted octanol–water partition coefficient (Wildman–Crippen LogP) is -1.04. The molecule has 5 heteroatoms. The number of nitrogens with two attached hydrogens (primary N) is 1. The molecular weight excluding hydrogens is 136 g/mol. The number of aliphatic hydroxyl groups is 1. The Balaban J connectivity index is 3.11. The van der Waals surface area contributed by atoms with E-state index in [-0.39, 0.29) is 19.2 Å². The number of nitrogens with one attached hydrogen (secondary N) is 1. The van der Waals surface area contributed by atoms with Gasteiger partial charge in [0.05, 0.1) is 6.61 Å². The van der Waals surface area contributed by atoms with Crippen molar-refractivity contribution in [3.63, 3.8) is 0 Å². The van der Waals surface area contributed by atoms with Gasteiger partial charge in [-0.15, -0.1) is 0 Å². The lowest BCUT2D eigenvalue weighted by molar-refractivity contribution is 0.193. The first-order valence-corrected chi connectivity index (χ1v) is 3.00. The third-order valence-electron chi connectivity index (χ3n) is 1.03. The highest BCUT2D eigenvalue weighted by Gasteiger charge is 1.99. The van der Waals surface area contributed by atoms with E-state index in [0.29, 0.717) is 6.42 Å². The van der Waals surface area contributed by atoms with Crippen LogP contribution in [0.15, 0.2) is 0 Å². The Kier molecular flexibility index (Phi) is 4.61. The standard InChI is InChI=1S/C5H12N2O3/c6-4(3-8)1-2-7-5(9)10/h4,7-8H,1-3,6H2,(H,9,10)/t4-/m0/s1. The van der Waals surface area contributed by atoms with E-state index in [4.69, 9.17) is 15.9 Å². The summed E-state index contributed by atoms with van der Waals surface area (Å²) in [6, 6.07) is -0.327. The number of hydrogen-bond donors (Lipinski definition) is 4. The van der Waals surface area contributed by atoms with E-state index in [2.05, 4.69) is 5.32 Å². The highest BCUT2D eigenvalue weighted by Crippen LogP contribution is 1.82. The lowest BCUT2D eigenvalue weighted by Gasteiger charge is -2.06. The van der Waals surface area contributed by atoms with Gasteiger partial charge in [0.15, 0.2) is 0 Å². The molecule has 0 aromatic heterocycles. The summed E-state index contributed by atoms with van der Waals surface area (Å²) in [5.41, 5.74) is 5.28. The molecule has 0 spiro atoms. The van der Waals surface area contributed by atoms with Crippen molar-refractivity contribution >= 4 is 6.09 Å². The van der Waals surface area contributed by atoms with E-state index in [1.54, 1.807) is 0 Å². The van der Waals surface area contributed by atoms with E-state index in [9.17, 15) is 4.79 Å². The molecule has 0 unspecified atom stereocenters. The molecular formula is C5H12N2O3. The second-order valence-corrected chi connectivity index (χ2v) is 1.96. The van der Waals surface area contributed by atoms with Gasteiger partial charge in [-0.05, 0) is 6.42 Å². The summed E-state index contributed by atoms with van der Waals surface area (Å²) in [4.78, 5) is 9.85. The van der Waals surface area contributed by atoms with Gasteiger partial charge < -0.3 is 21.3 Å². The largest absolute Gasteiger partial charge is 0.465 e. The molecule has 0 aromatic carbocycles. The van der Waals surface area contributed by atoms with Gasteiger partial charge in [0, 0.05) is 12.6 Å². The van der Waals surface area contributed by atoms with Crippen molar-refractivity contribution in [3.05, 3.63) is 0 Å². The lowest BCUT2D eigenvalue weighted by atomic mass is 10.2. The Labute approximate surface area is 58.8 Å². The Morgan fingerprint density at radius 1 is 1.70 bits per heavy atom. The average molecular weight is 148 g/mol. The van der Waals surface area contributed by atoms with Gasteiger partial charge in [-0.25, -0.2) is 4.79 Å². The summed E-state index contributed by atoms with van der Waals surface area (Å²) < 4.78 is 0. The minimum Gasteiger partial charge on any atom is -0.465 e. The molecule has 0 aromatic rings. The minimum atomic E-state index is -1.06. The molecule has 0 saturated carbocycles. The summed E-state index contributed by atoms with van der Waals surface area (Å²) in [5, 5.41) is 18.6. The summed E-state index contributed by atoms with van der Waals surface area (Å²) in [5.74, 6) is 0. The van der Waals surface area contributed by atoms with Crippen LogP contribution in [0.25, 0.3) is 0 Å². The van der Waals surface area contributed by atoms with Crippen molar-refractivity contribution in [2.75, 3.05) is 13.2 Å². The Bertz CT molecular complexity index is 107. The second kappa shape index (κ2) is 5.01. The third-order valence-corrected chi connectivity index (χ3v) is 1.03. The molecule has 5 N–H and O–H groups in total. The zero-order chi connectivity index (χ0) is 7.98. The highest BCUT2D eigenvalue weighted by molar-refractivity contribution is 5.64. The van der Waals surface area contributed by atoms with Crippen LogP contribution in [0.5, 0.6) is 0 Å². The normalized spacial score (nSPS) is 12.6. The van der Waals surface area contributed by atoms with Crippen molar-refractivity contribution in [2.24, 2.45) is 5.73 Å². The lowest BCUT2D eigenvalue weighted by Crippen LogP contribution is -2.31. The molecule has 0 rings (SSSR count). The summed E-state index contributed by atoms with van der Waals surface area (Å²) in [6.45, 7) is 0.179. The van der Waals surface area contributed by atoms with Crippen LogP contribution in [0.4, 0.5) is 4.79 Å². The van der Waals surface area contributed by atoms with Gasteiger partial charge in [-0.3, -0.25) is 0 Å². The van der Waals surface area contributed by atoms with Crippen LogP contribution in [0.1, 0.15) is 6.42 Å². The third kappa shape index (κ3) is 5.33. The molecule has 5 nitrogen and oxygen atoms in total. The molecule has 0 aliphatic rings. The quantitative estimate of drug-likeness (QED) is 0.409. The van der Waals surface area contributed by atoms with E-state index < -0.39 is 6.09 Å². The first kappa shape index (κ1) is 9.19. The Morgan fingerprint density at radius 3 is 2.70 bits per heavy atom. The van der Waals surface area contributed by atoms with E-state index in [1.165, 1.54) is 0 Å². The molecule has 0 aliphatic carbocycles. The van der Waals surface area contributed by atoms with E-state index >= 15 is 0 Å². The van der Waals surface area contributed by atoms with Gasteiger partial charge >= 0.3 is 6.09 Å². The molecule has 0 saturated heterocycles. The van der Waals surface area contributed by atoms with Crippen molar-refractivity contribution in [3.8, 4) is 0 Å². The second-order valence-electron chi connectivity index (χ2n) is 1.96. The molecule has 1 amide bonds.